The van der Waals surface area contributed by atoms with Crippen molar-refractivity contribution in [2.45, 2.75) is 58.0 Å². The SMILES string of the molecule is CCC(COC)NC(C)C1CC2CCC1C2. The minimum atomic E-state index is 0.541. The summed E-state index contributed by atoms with van der Waals surface area (Å²) in [5, 5.41) is 3.77. The van der Waals surface area contributed by atoms with Crippen LogP contribution >= 0.6 is 0 Å². The molecule has 0 amide bonds. The Labute approximate surface area is 100 Å². The quantitative estimate of drug-likeness (QED) is 0.750. The predicted octanol–water partition coefficient (Wildman–Crippen LogP) is 2.83. The van der Waals surface area contributed by atoms with E-state index >= 15 is 0 Å². The van der Waals surface area contributed by atoms with Crippen LogP contribution in [-0.2, 0) is 4.74 Å². The van der Waals surface area contributed by atoms with Crippen molar-refractivity contribution in [2.75, 3.05) is 13.7 Å². The van der Waals surface area contributed by atoms with Gasteiger partial charge in [-0.2, -0.15) is 0 Å². The summed E-state index contributed by atoms with van der Waals surface area (Å²) >= 11 is 0. The van der Waals surface area contributed by atoms with Crippen LogP contribution in [0.5, 0.6) is 0 Å². The van der Waals surface area contributed by atoms with Crippen LogP contribution in [0.3, 0.4) is 0 Å². The summed E-state index contributed by atoms with van der Waals surface area (Å²) < 4.78 is 5.26. The highest BCUT2D eigenvalue weighted by Crippen LogP contribution is 2.49. The summed E-state index contributed by atoms with van der Waals surface area (Å²) in [6, 6.07) is 1.22. The topological polar surface area (TPSA) is 21.3 Å². The van der Waals surface area contributed by atoms with Crippen LogP contribution in [0.15, 0.2) is 0 Å². The van der Waals surface area contributed by atoms with Crippen molar-refractivity contribution < 1.29 is 4.74 Å². The zero-order valence-corrected chi connectivity index (χ0v) is 11.0. The van der Waals surface area contributed by atoms with E-state index in [0.717, 1.165) is 24.4 Å². The highest BCUT2D eigenvalue weighted by molar-refractivity contribution is 4.94. The molecule has 5 unspecified atom stereocenters. The smallest absolute Gasteiger partial charge is 0.0615 e. The highest BCUT2D eigenvalue weighted by Gasteiger charge is 2.41. The monoisotopic (exact) mass is 225 g/mol. The second kappa shape index (κ2) is 5.50. The van der Waals surface area contributed by atoms with Crippen LogP contribution < -0.4 is 5.32 Å². The fraction of sp³-hybridized carbons (Fsp3) is 1.00. The zero-order valence-electron chi connectivity index (χ0n) is 11.0. The Balaban J connectivity index is 1.80. The summed E-state index contributed by atoms with van der Waals surface area (Å²) in [4.78, 5) is 0. The Morgan fingerprint density at radius 1 is 1.31 bits per heavy atom. The van der Waals surface area contributed by atoms with Crippen molar-refractivity contribution in [3.05, 3.63) is 0 Å². The standard InChI is InChI=1S/C14H27NO/c1-4-13(9-16-3)15-10(2)14-8-11-5-6-12(14)7-11/h10-15H,4-9H2,1-3H3. The van der Waals surface area contributed by atoms with Crippen molar-refractivity contribution >= 4 is 0 Å². The van der Waals surface area contributed by atoms with E-state index in [-0.39, 0.29) is 0 Å². The number of ether oxygens (including phenoxy) is 1. The lowest BCUT2D eigenvalue weighted by molar-refractivity contribution is 0.146. The van der Waals surface area contributed by atoms with Crippen LogP contribution in [0.25, 0.3) is 0 Å². The van der Waals surface area contributed by atoms with Crippen LogP contribution in [0.2, 0.25) is 0 Å². The first-order chi connectivity index (χ1) is 7.74. The van der Waals surface area contributed by atoms with E-state index in [0.29, 0.717) is 12.1 Å². The fourth-order valence-corrected chi connectivity index (χ4v) is 3.89. The number of methoxy groups -OCH3 is 1. The first kappa shape index (κ1) is 12.4. The number of fused-ring (bicyclic) bond motifs is 2. The Bertz CT molecular complexity index is 219. The summed E-state index contributed by atoms with van der Waals surface area (Å²) in [6.45, 7) is 5.47. The van der Waals surface area contributed by atoms with Gasteiger partial charge >= 0.3 is 0 Å². The van der Waals surface area contributed by atoms with E-state index in [2.05, 4.69) is 19.2 Å². The number of rotatable bonds is 6. The molecule has 2 rings (SSSR count). The van der Waals surface area contributed by atoms with Gasteiger partial charge in [0.05, 0.1) is 6.61 Å². The van der Waals surface area contributed by atoms with E-state index in [1.54, 1.807) is 7.11 Å². The maximum absolute atomic E-state index is 5.26. The molecule has 2 fully saturated rings. The van der Waals surface area contributed by atoms with Gasteiger partial charge in [0.1, 0.15) is 0 Å². The molecule has 0 spiro atoms. The van der Waals surface area contributed by atoms with Gasteiger partial charge in [0.2, 0.25) is 0 Å². The van der Waals surface area contributed by atoms with E-state index in [9.17, 15) is 0 Å². The first-order valence-electron chi connectivity index (χ1n) is 6.99. The molecule has 2 bridgehead atoms. The molecule has 2 saturated carbocycles. The Kier molecular flexibility index (Phi) is 4.26. The highest BCUT2D eigenvalue weighted by atomic mass is 16.5. The van der Waals surface area contributed by atoms with Crippen LogP contribution in [0, 0.1) is 17.8 Å². The van der Waals surface area contributed by atoms with Crippen molar-refractivity contribution in [3.8, 4) is 0 Å². The molecule has 0 aliphatic heterocycles. The Hall–Kier alpha value is -0.0800. The van der Waals surface area contributed by atoms with Gasteiger partial charge in [-0.3, -0.25) is 0 Å². The van der Waals surface area contributed by atoms with Gasteiger partial charge in [-0.1, -0.05) is 13.3 Å². The molecule has 0 saturated heterocycles. The maximum atomic E-state index is 5.26. The molecule has 2 aliphatic carbocycles. The zero-order chi connectivity index (χ0) is 11.5. The summed E-state index contributed by atoms with van der Waals surface area (Å²) in [5.41, 5.74) is 0. The molecule has 16 heavy (non-hydrogen) atoms. The second-order valence-corrected chi connectivity index (χ2v) is 5.85. The average molecular weight is 225 g/mol. The van der Waals surface area contributed by atoms with Crippen molar-refractivity contribution in [3.63, 3.8) is 0 Å². The molecule has 1 N–H and O–H groups in total. The molecule has 2 aliphatic rings. The lowest BCUT2D eigenvalue weighted by atomic mass is 9.83. The van der Waals surface area contributed by atoms with Crippen LogP contribution in [0.1, 0.15) is 46.0 Å². The molecular weight excluding hydrogens is 198 g/mol. The van der Waals surface area contributed by atoms with Crippen molar-refractivity contribution in [2.24, 2.45) is 17.8 Å². The fourth-order valence-electron chi connectivity index (χ4n) is 3.89. The third kappa shape index (κ3) is 2.60. The molecule has 2 heteroatoms. The largest absolute Gasteiger partial charge is 0.383 e. The Morgan fingerprint density at radius 2 is 2.12 bits per heavy atom. The molecule has 0 radical (unpaired) electrons. The molecule has 0 aromatic carbocycles. The minimum Gasteiger partial charge on any atom is -0.383 e. The minimum absolute atomic E-state index is 0.541. The molecular formula is C14H27NO. The number of hydrogen-bond donors (Lipinski definition) is 1. The van der Waals surface area contributed by atoms with E-state index in [1.165, 1.54) is 32.1 Å². The van der Waals surface area contributed by atoms with E-state index in [4.69, 9.17) is 4.74 Å². The number of hydrogen-bond acceptors (Lipinski definition) is 2. The van der Waals surface area contributed by atoms with Gasteiger partial charge in [0, 0.05) is 19.2 Å². The normalized spacial score (nSPS) is 36.6. The van der Waals surface area contributed by atoms with Gasteiger partial charge in [0.15, 0.2) is 0 Å². The predicted molar refractivity (Wildman–Crippen MR) is 67.5 cm³/mol. The molecule has 0 aromatic rings. The van der Waals surface area contributed by atoms with Crippen molar-refractivity contribution in [1.29, 1.82) is 0 Å². The van der Waals surface area contributed by atoms with Crippen LogP contribution in [-0.4, -0.2) is 25.8 Å². The third-order valence-electron chi connectivity index (χ3n) is 4.79. The van der Waals surface area contributed by atoms with Crippen molar-refractivity contribution in [1.82, 2.24) is 5.32 Å². The van der Waals surface area contributed by atoms with Gasteiger partial charge in [0.25, 0.3) is 0 Å². The third-order valence-corrected chi connectivity index (χ3v) is 4.79. The average Bonchev–Trinajstić information content (AvgIpc) is 2.89. The molecule has 0 heterocycles. The van der Waals surface area contributed by atoms with Gasteiger partial charge in [-0.15, -0.1) is 0 Å². The maximum Gasteiger partial charge on any atom is 0.0615 e. The molecule has 94 valence electrons. The van der Waals surface area contributed by atoms with E-state index in [1.807, 2.05) is 0 Å². The molecule has 2 nitrogen and oxygen atoms in total. The van der Waals surface area contributed by atoms with Gasteiger partial charge in [-0.05, 0) is 50.4 Å². The molecule has 5 atom stereocenters. The lowest BCUT2D eigenvalue weighted by Crippen LogP contribution is -2.44. The summed E-state index contributed by atoms with van der Waals surface area (Å²) in [6.07, 6.45) is 7.14. The summed E-state index contributed by atoms with van der Waals surface area (Å²) in [5.74, 6) is 3.01. The van der Waals surface area contributed by atoms with Gasteiger partial charge < -0.3 is 10.1 Å². The summed E-state index contributed by atoms with van der Waals surface area (Å²) in [7, 11) is 1.80. The Morgan fingerprint density at radius 3 is 2.62 bits per heavy atom. The number of nitrogens with one attached hydrogen (secondary N) is 1. The molecule has 0 aromatic heterocycles. The van der Waals surface area contributed by atoms with E-state index < -0.39 is 0 Å². The second-order valence-electron chi connectivity index (χ2n) is 5.85. The first-order valence-corrected chi connectivity index (χ1v) is 6.99. The lowest BCUT2D eigenvalue weighted by Gasteiger charge is -2.31. The van der Waals surface area contributed by atoms with Gasteiger partial charge in [-0.25, -0.2) is 0 Å². The van der Waals surface area contributed by atoms with Crippen LogP contribution in [0.4, 0.5) is 0 Å².